The van der Waals surface area contributed by atoms with Crippen molar-refractivity contribution in [2.24, 2.45) is 0 Å². The molecule has 0 aliphatic carbocycles. The number of benzene rings is 2. The van der Waals surface area contributed by atoms with Crippen LogP contribution in [-0.4, -0.2) is 59.8 Å². The Morgan fingerprint density at radius 3 is 2.58 bits per heavy atom. The monoisotopic (exact) mass is 554 g/mol. The summed E-state index contributed by atoms with van der Waals surface area (Å²) in [6.07, 6.45) is 0. The van der Waals surface area contributed by atoms with Crippen molar-refractivity contribution >= 4 is 46.1 Å². The number of imide groups is 1. The first-order valence-corrected chi connectivity index (χ1v) is 14.1. The third kappa shape index (κ3) is 6.35. The second-order valence-corrected chi connectivity index (χ2v) is 10.7. The van der Waals surface area contributed by atoms with Gasteiger partial charge < -0.3 is 20.1 Å². The summed E-state index contributed by atoms with van der Waals surface area (Å²) in [7, 11) is 1.60. The van der Waals surface area contributed by atoms with Crippen LogP contribution in [0.5, 0.6) is 5.75 Å². The third-order valence-electron chi connectivity index (χ3n) is 6.09. The van der Waals surface area contributed by atoms with E-state index in [9.17, 15) is 14.4 Å². The molecule has 0 bridgehead atoms. The van der Waals surface area contributed by atoms with E-state index in [0.717, 1.165) is 21.2 Å². The van der Waals surface area contributed by atoms with Crippen LogP contribution in [0, 0.1) is 0 Å². The lowest BCUT2D eigenvalue weighted by Gasteiger charge is -2.29. The van der Waals surface area contributed by atoms with Crippen molar-refractivity contribution in [1.29, 1.82) is 0 Å². The number of nitrogens with one attached hydrogen (secondary N) is 2. The Hall–Kier alpha value is -3.41. The fourth-order valence-corrected chi connectivity index (χ4v) is 5.70. The molecule has 4 rings (SSSR count). The quantitative estimate of drug-likeness (QED) is 0.190. The Balaban J connectivity index is 1.58. The van der Waals surface area contributed by atoms with Crippen molar-refractivity contribution in [3.8, 4) is 5.75 Å². The van der Waals surface area contributed by atoms with Crippen molar-refractivity contribution in [3.05, 3.63) is 71.1 Å². The van der Waals surface area contributed by atoms with E-state index in [0.29, 0.717) is 29.7 Å². The first-order chi connectivity index (χ1) is 18.4. The molecule has 1 aliphatic heterocycles. The first kappa shape index (κ1) is 27.6. The Kier molecular flexibility index (Phi) is 9.38. The lowest BCUT2D eigenvalue weighted by Crippen LogP contribution is -2.50. The average Bonchev–Trinajstić information content (AvgIpc) is 3.49. The molecule has 1 fully saturated rings. The van der Waals surface area contributed by atoms with Crippen LogP contribution in [0.25, 0.3) is 0 Å². The molecule has 11 heteroatoms. The van der Waals surface area contributed by atoms with E-state index >= 15 is 0 Å². The van der Waals surface area contributed by atoms with Crippen LogP contribution in [0.1, 0.15) is 36.9 Å². The van der Waals surface area contributed by atoms with Crippen LogP contribution in [0.4, 0.5) is 9.93 Å². The Morgan fingerprint density at radius 2 is 1.89 bits per heavy atom. The van der Waals surface area contributed by atoms with E-state index in [1.807, 2.05) is 49.6 Å². The van der Waals surface area contributed by atoms with Gasteiger partial charge in [-0.15, -0.1) is 23.1 Å². The van der Waals surface area contributed by atoms with Crippen LogP contribution in [-0.2, 0) is 14.3 Å². The summed E-state index contributed by atoms with van der Waals surface area (Å²) in [6, 6.07) is 13.7. The van der Waals surface area contributed by atoms with Gasteiger partial charge in [-0.05, 0) is 29.0 Å². The number of methoxy groups -OCH3 is 1. The van der Waals surface area contributed by atoms with Gasteiger partial charge in [0.25, 0.3) is 5.91 Å². The molecule has 1 saturated heterocycles. The molecule has 200 valence electrons. The van der Waals surface area contributed by atoms with E-state index in [1.54, 1.807) is 43.1 Å². The molecule has 0 saturated carbocycles. The van der Waals surface area contributed by atoms with Crippen molar-refractivity contribution in [3.63, 3.8) is 0 Å². The van der Waals surface area contributed by atoms with Gasteiger partial charge in [0.2, 0.25) is 5.91 Å². The highest BCUT2D eigenvalue weighted by molar-refractivity contribution is 7.99. The molecule has 9 nitrogen and oxygen atoms in total. The van der Waals surface area contributed by atoms with Gasteiger partial charge in [0.15, 0.2) is 5.13 Å². The predicted molar refractivity (Wildman–Crippen MR) is 148 cm³/mol. The summed E-state index contributed by atoms with van der Waals surface area (Å²) in [5.74, 6) is 0.0424. The number of ether oxygens (including phenoxy) is 2. The largest absolute Gasteiger partial charge is 0.491 e. The summed E-state index contributed by atoms with van der Waals surface area (Å²) < 4.78 is 10.6. The number of hydrogen-bond acceptors (Lipinski definition) is 8. The van der Waals surface area contributed by atoms with Gasteiger partial charge in [-0.3, -0.25) is 9.59 Å². The fourth-order valence-electron chi connectivity index (χ4n) is 4.20. The minimum atomic E-state index is -1.09. The predicted octanol–water partition coefficient (Wildman–Crippen LogP) is 4.68. The maximum atomic E-state index is 13.6. The first-order valence-electron chi connectivity index (χ1n) is 12.2. The molecule has 3 aromatic rings. The molecule has 2 aromatic carbocycles. The number of thioether (sulfide) groups is 1. The molecule has 2 heterocycles. The van der Waals surface area contributed by atoms with E-state index in [1.165, 1.54) is 11.3 Å². The zero-order valence-electron chi connectivity index (χ0n) is 21.4. The maximum absolute atomic E-state index is 13.6. The van der Waals surface area contributed by atoms with Gasteiger partial charge in [0, 0.05) is 18.4 Å². The molecule has 3 atom stereocenters. The standard InChI is InChI=1S/C27H30N4O5S2/c1-4-37-21-16-38-26(28-21)30-24(32)23(17(2)18-8-6-5-7-9-18)31-25(33)22(29-27(31)34)19-10-12-20(13-11-19)36-15-14-35-3/h5-13,16-17,22-23H,4,14-15H2,1-3H3,(H,29,34)(H,28,30,32)/t17-,22+,23?/m0/s1. The number of thiazole rings is 1. The number of carbonyl (C=O) groups is 3. The summed E-state index contributed by atoms with van der Waals surface area (Å²) in [5.41, 5.74) is 1.42. The minimum absolute atomic E-state index is 0.397. The molecule has 2 N–H and O–H groups in total. The van der Waals surface area contributed by atoms with Crippen LogP contribution in [0.3, 0.4) is 0 Å². The topological polar surface area (TPSA) is 110 Å². The molecule has 0 radical (unpaired) electrons. The van der Waals surface area contributed by atoms with Gasteiger partial charge in [-0.2, -0.15) is 0 Å². The van der Waals surface area contributed by atoms with Crippen molar-refractivity contribution in [2.45, 2.75) is 36.9 Å². The van der Waals surface area contributed by atoms with E-state index in [2.05, 4.69) is 15.6 Å². The number of urea groups is 1. The SMILES string of the molecule is CCSc1csc(NC(=O)C([C@@H](C)c2ccccc2)N2C(=O)N[C@H](c3ccc(OCCOC)cc3)C2=O)n1. The van der Waals surface area contributed by atoms with Gasteiger partial charge >= 0.3 is 6.03 Å². The van der Waals surface area contributed by atoms with Crippen LogP contribution >= 0.6 is 23.1 Å². The molecule has 1 aromatic heterocycles. The molecule has 38 heavy (non-hydrogen) atoms. The molecular weight excluding hydrogens is 524 g/mol. The van der Waals surface area contributed by atoms with Crippen LogP contribution in [0.2, 0.25) is 0 Å². The highest BCUT2D eigenvalue weighted by Gasteiger charge is 2.47. The summed E-state index contributed by atoms with van der Waals surface area (Å²) in [5, 5.41) is 8.68. The molecule has 4 amide bonds. The second-order valence-electron chi connectivity index (χ2n) is 8.56. The van der Waals surface area contributed by atoms with E-state index in [4.69, 9.17) is 9.47 Å². The van der Waals surface area contributed by atoms with Gasteiger partial charge in [-0.1, -0.05) is 56.3 Å². The Bertz CT molecular complexity index is 1250. The van der Waals surface area contributed by atoms with E-state index < -0.39 is 35.8 Å². The minimum Gasteiger partial charge on any atom is -0.491 e. The normalized spacial score (nSPS) is 16.7. The van der Waals surface area contributed by atoms with E-state index in [-0.39, 0.29) is 0 Å². The summed E-state index contributed by atoms with van der Waals surface area (Å²) in [6.45, 7) is 4.71. The third-order valence-corrected chi connectivity index (χ3v) is 7.79. The zero-order chi connectivity index (χ0) is 27.1. The number of carbonyl (C=O) groups excluding carboxylic acids is 3. The molecular formula is C27H30N4O5S2. The van der Waals surface area contributed by atoms with Gasteiger partial charge in [-0.25, -0.2) is 14.7 Å². The number of rotatable bonds is 12. The number of hydrogen-bond donors (Lipinski definition) is 2. The molecule has 1 unspecified atom stereocenters. The fraction of sp³-hybridized carbons (Fsp3) is 0.333. The maximum Gasteiger partial charge on any atom is 0.325 e. The number of aromatic nitrogens is 1. The number of amides is 4. The van der Waals surface area contributed by atoms with Crippen LogP contribution < -0.4 is 15.4 Å². The average molecular weight is 555 g/mol. The Morgan fingerprint density at radius 1 is 1.16 bits per heavy atom. The van der Waals surface area contributed by atoms with Crippen LogP contribution in [0.15, 0.2) is 65.0 Å². The highest BCUT2D eigenvalue weighted by Crippen LogP contribution is 2.32. The highest BCUT2D eigenvalue weighted by atomic mass is 32.2. The number of nitrogens with zero attached hydrogens (tertiary/aromatic N) is 2. The number of anilines is 1. The molecule has 1 aliphatic rings. The van der Waals surface area contributed by atoms with Gasteiger partial charge in [0.1, 0.15) is 29.5 Å². The zero-order valence-corrected chi connectivity index (χ0v) is 23.0. The molecule has 0 spiro atoms. The second kappa shape index (κ2) is 12.9. The van der Waals surface area contributed by atoms with Gasteiger partial charge in [0.05, 0.1) is 6.61 Å². The summed E-state index contributed by atoms with van der Waals surface area (Å²) in [4.78, 5) is 45.9. The Labute approximate surface area is 229 Å². The van der Waals surface area contributed by atoms with Crippen molar-refractivity contribution in [2.75, 3.05) is 31.4 Å². The van der Waals surface area contributed by atoms with Crippen molar-refractivity contribution < 1.29 is 23.9 Å². The smallest absolute Gasteiger partial charge is 0.325 e. The lowest BCUT2D eigenvalue weighted by molar-refractivity contribution is -0.134. The van der Waals surface area contributed by atoms with Crippen molar-refractivity contribution in [1.82, 2.24) is 15.2 Å². The lowest BCUT2D eigenvalue weighted by atomic mass is 9.91. The summed E-state index contributed by atoms with van der Waals surface area (Å²) >= 11 is 2.87.